The van der Waals surface area contributed by atoms with Crippen LogP contribution in [0.1, 0.15) is 43.7 Å². The number of aliphatic hydroxyl groups excluding tert-OH is 1. The van der Waals surface area contributed by atoms with Crippen LogP contribution in [-0.2, 0) is 28.0 Å². The fraction of sp³-hybridized carbons (Fsp3) is 0.588. The zero-order valence-corrected chi connectivity index (χ0v) is 13.9. The van der Waals surface area contributed by atoms with Crippen molar-refractivity contribution in [2.24, 2.45) is 5.92 Å². The number of rotatable bonds is 6. The molecule has 1 aromatic carbocycles. The molecule has 5 heteroatoms. The second-order valence-electron chi connectivity index (χ2n) is 6.14. The summed E-state index contributed by atoms with van der Waals surface area (Å²) in [6.07, 6.45) is 4.59. The molecular formula is C17H25NO3S. The number of hydrogen-bond acceptors (Lipinski definition) is 3. The maximum Gasteiger partial charge on any atom is 0.232 e. The zero-order chi connectivity index (χ0) is 15.9. The van der Waals surface area contributed by atoms with Crippen molar-refractivity contribution < 1.29 is 14.1 Å². The number of nitrogens with one attached hydrogen (secondary N) is 1. The van der Waals surface area contributed by atoms with Crippen molar-refractivity contribution in [1.29, 1.82) is 0 Å². The number of aliphatic hydroxyl groups is 1. The van der Waals surface area contributed by atoms with Crippen LogP contribution in [0.4, 0.5) is 0 Å². The molecule has 1 fully saturated rings. The molecule has 0 bridgehead atoms. The molecule has 1 aromatic rings. The van der Waals surface area contributed by atoms with Gasteiger partial charge in [-0.25, -0.2) is 0 Å². The van der Waals surface area contributed by atoms with E-state index in [4.69, 9.17) is 5.11 Å². The predicted molar refractivity (Wildman–Crippen MR) is 88.6 cm³/mol. The minimum Gasteiger partial charge on any atom is -0.392 e. The lowest BCUT2D eigenvalue weighted by molar-refractivity contribution is -0.119. The SMILES string of the molecule is CC1CCCCC1NC(=O)CS(=O)Cc1ccc(CO)cc1. The van der Waals surface area contributed by atoms with Gasteiger partial charge in [0.15, 0.2) is 0 Å². The van der Waals surface area contributed by atoms with E-state index in [1.807, 2.05) is 24.3 Å². The number of hydrogen-bond donors (Lipinski definition) is 2. The quantitative estimate of drug-likeness (QED) is 0.843. The first-order valence-electron chi connectivity index (χ1n) is 7.91. The van der Waals surface area contributed by atoms with Crippen molar-refractivity contribution >= 4 is 16.7 Å². The topological polar surface area (TPSA) is 66.4 Å². The zero-order valence-electron chi connectivity index (χ0n) is 13.1. The number of amides is 1. The highest BCUT2D eigenvalue weighted by atomic mass is 32.2. The molecule has 4 nitrogen and oxygen atoms in total. The van der Waals surface area contributed by atoms with Gasteiger partial charge >= 0.3 is 0 Å². The largest absolute Gasteiger partial charge is 0.392 e. The number of carbonyl (C=O) groups is 1. The first-order chi connectivity index (χ1) is 10.6. The predicted octanol–water partition coefficient (Wildman–Crippen LogP) is 2.12. The van der Waals surface area contributed by atoms with E-state index in [1.165, 1.54) is 6.42 Å². The average molecular weight is 323 g/mol. The Balaban J connectivity index is 1.79. The van der Waals surface area contributed by atoms with Gasteiger partial charge in [-0.2, -0.15) is 0 Å². The van der Waals surface area contributed by atoms with Crippen molar-refractivity contribution in [3.05, 3.63) is 35.4 Å². The smallest absolute Gasteiger partial charge is 0.232 e. The summed E-state index contributed by atoms with van der Waals surface area (Å²) in [6.45, 7) is 2.18. The van der Waals surface area contributed by atoms with Gasteiger partial charge in [0.1, 0.15) is 5.75 Å². The van der Waals surface area contributed by atoms with E-state index < -0.39 is 10.8 Å². The summed E-state index contributed by atoms with van der Waals surface area (Å²) in [5.74, 6) is 0.839. The molecule has 0 aliphatic heterocycles. The molecule has 22 heavy (non-hydrogen) atoms. The molecule has 1 aliphatic carbocycles. The average Bonchev–Trinajstić information content (AvgIpc) is 2.50. The van der Waals surface area contributed by atoms with E-state index in [9.17, 15) is 9.00 Å². The first kappa shape index (κ1) is 17.2. The van der Waals surface area contributed by atoms with Crippen LogP contribution in [0.15, 0.2) is 24.3 Å². The van der Waals surface area contributed by atoms with Crippen LogP contribution in [0.3, 0.4) is 0 Å². The van der Waals surface area contributed by atoms with Crippen molar-refractivity contribution in [3.8, 4) is 0 Å². The monoisotopic (exact) mass is 323 g/mol. The van der Waals surface area contributed by atoms with Crippen LogP contribution in [0, 0.1) is 5.92 Å². The van der Waals surface area contributed by atoms with Gasteiger partial charge in [-0.1, -0.05) is 44.0 Å². The van der Waals surface area contributed by atoms with Crippen LogP contribution in [-0.4, -0.2) is 27.0 Å². The Kier molecular flexibility index (Phi) is 6.58. The van der Waals surface area contributed by atoms with Crippen LogP contribution in [0.2, 0.25) is 0 Å². The summed E-state index contributed by atoms with van der Waals surface area (Å²) in [5.41, 5.74) is 1.76. The van der Waals surface area contributed by atoms with Crippen LogP contribution >= 0.6 is 0 Å². The summed E-state index contributed by atoms with van der Waals surface area (Å²) in [4.78, 5) is 12.0. The molecule has 0 spiro atoms. The molecular weight excluding hydrogens is 298 g/mol. The highest BCUT2D eigenvalue weighted by Crippen LogP contribution is 2.23. The van der Waals surface area contributed by atoms with Crippen molar-refractivity contribution in [1.82, 2.24) is 5.32 Å². The van der Waals surface area contributed by atoms with Gasteiger partial charge in [-0.15, -0.1) is 0 Å². The van der Waals surface area contributed by atoms with Crippen LogP contribution in [0.25, 0.3) is 0 Å². The van der Waals surface area contributed by atoms with E-state index in [2.05, 4.69) is 12.2 Å². The summed E-state index contributed by atoms with van der Waals surface area (Å²) < 4.78 is 12.1. The molecule has 0 saturated heterocycles. The van der Waals surface area contributed by atoms with Gasteiger partial charge in [-0.05, 0) is 29.9 Å². The second-order valence-corrected chi connectivity index (χ2v) is 7.60. The summed E-state index contributed by atoms with van der Waals surface area (Å²) in [7, 11) is -1.20. The Morgan fingerprint density at radius 2 is 1.86 bits per heavy atom. The standard InChI is InChI=1S/C17H25NO3S/c1-13-4-2-3-5-16(13)18-17(20)12-22(21)11-15-8-6-14(10-19)7-9-15/h6-9,13,16,19H,2-5,10-12H2,1H3,(H,18,20). The molecule has 0 radical (unpaired) electrons. The highest BCUT2D eigenvalue weighted by Gasteiger charge is 2.23. The fourth-order valence-electron chi connectivity index (χ4n) is 2.90. The van der Waals surface area contributed by atoms with Gasteiger partial charge in [0.25, 0.3) is 0 Å². The van der Waals surface area contributed by atoms with Gasteiger partial charge < -0.3 is 10.4 Å². The van der Waals surface area contributed by atoms with Crippen LogP contribution in [0.5, 0.6) is 0 Å². The lowest BCUT2D eigenvalue weighted by Gasteiger charge is -2.29. The highest BCUT2D eigenvalue weighted by molar-refractivity contribution is 7.84. The maximum absolute atomic E-state index is 12.1. The molecule has 122 valence electrons. The lowest BCUT2D eigenvalue weighted by Crippen LogP contribution is -2.42. The summed E-state index contributed by atoms with van der Waals surface area (Å²) >= 11 is 0. The van der Waals surface area contributed by atoms with Crippen molar-refractivity contribution in [3.63, 3.8) is 0 Å². The third-order valence-electron chi connectivity index (χ3n) is 4.28. The minimum atomic E-state index is -1.20. The third-order valence-corrected chi connectivity index (χ3v) is 5.52. The fourth-order valence-corrected chi connectivity index (χ4v) is 3.95. The number of benzene rings is 1. The molecule has 1 saturated carbocycles. The van der Waals surface area contributed by atoms with Gasteiger partial charge in [0.05, 0.1) is 6.61 Å². The van der Waals surface area contributed by atoms with Crippen LogP contribution < -0.4 is 5.32 Å². The second kappa shape index (κ2) is 8.44. The molecule has 2 rings (SSSR count). The first-order valence-corrected chi connectivity index (χ1v) is 9.40. The van der Waals surface area contributed by atoms with E-state index in [1.54, 1.807) is 0 Å². The van der Waals surface area contributed by atoms with Crippen molar-refractivity contribution in [2.45, 2.75) is 51.0 Å². The number of carbonyl (C=O) groups excluding carboxylic acids is 1. The minimum absolute atomic E-state index is 0.00531. The Morgan fingerprint density at radius 1 is 1.23 bits per heavy atom. The van der Waals surface area contributed by atoms with E-state index in [0.29, 0.717) is 11.7 Å². The molecule has 2 N–H and O–H groups in total. The molecule has 0 heterocycles. The maximum atomic E-state index is 12.1. The Bertz CT molecular complexity index is 515. The third kappa shape index (κ3) is 5.21. The van der Waals surface area contributed by atoms with E-state index in [-0.39, 0.29) is 24.3 Å². The molecule has 1 amide bonds. The molecule has 3 atom stereocenters. The molecule has 3 unspecified atom stereocenters. The lowest BCUT2D eigenvalue weighted by atomic mass is 9.86. The van der Waals surface area contributed by atoms with Crippen molar-refractivity contribution in [2.75, 3.05) is 5.75 Å². The molecule has 0 aromatic heterocycles. The van der Waals surface area contributed by atoms with Gasteiger partial charge in [0, 0.05) is 22.6 Å². The summed E-state index contributed by atoms with van der Waals surface area (Å²) in [5, 5.41) is 12.0. The normalized spacial score (nSPS) is 23.0. The Hall–Kier alpha value is -1.20. The Morgan fingerprint density at radius 3 is 2.50 bits per heavy atom. The van der Waals surface area contributed by atoms with Gasteiger partial charge in [0.2, 0.25) is 5.91 Å². The summed E-state index contributed by atoms with van der Waals surface area (Å²) in [6, 6.07) is 7.57. The van der Waals surface area contributed by atoms with E-state index in [0.717, 1.165) is 30.4 Å². The Labute approximate surface area is 134 Å². The van der Waals surface area contributed by atoms with Gasteiger partial charge in [-0.3, -0.25) is 9.00 Å². The molecule has 1 aliphatic rings. The van der Waals surface area contributed by atoms with E-state index >= 15 is 0 Å².